The van der Waals surface area contributed by atoms with Gasteiger partial charge in [0, 0.05) is 30.7 Å². The first-order chi connectivity index (χ1) is 17.5. The van der Waals surface area contributed by atoms with Gasteiger partial charge in [0.1, 0.15) is 12.2 Å². The number of alkyl carbamates (subject to hydrolysis) is 1. The Labute approximate surface area is 219 Å². The molecule has 0 radical (unpaired) electrons. The highest BCUT2D eigenvalue weighted by Crippen LogP contribution is 2.29. The summed E-state index contributed by atoms with van der Waals surface area (Å²) in [5.41, 5.74) is 0.859. The van der Waals surface area contributed by atoms with Crippen molar-refractivity contribution in [2.24, 2.45) is 5.92 Å². The molecule has 202 valence electrons. The van der Waals surface area contributed by atoms with E-state index in [0.29, 0.717) is 30.6 Å². The van der Waals surface area contributed by atoms with E-state index in [1.807, 2.05) is 30.1 Å². The lowest BCUT2D eigenvalue weighted by atomic mass is 9.85. The molecule has 1 aliphatic heterocycles. The second kappa shape index (κ2) is 15.2. The van der Waals surface area contributed by atoms with E-state index in [0.717, 1.165) is 18.5 Å². The van der Waals surface area contributed by atoms with E-state index in [9.17, 15) is 9.59 Å². The lowest BCUT2D eigenvalue weighted by molar-refractivity contribution is -0.105. The van der Waals surface area contributed by atoms with Crippen molar-refractivity contribution in [2.75, 3.05) is 53.6 Å². The van der Waals surface area contributed by atoms with Gasteiger partial charge >= 0.3 is 12.1 Å². The standard InChI is InChI=1S/C26H41ClN4O5/c1-28-17-22(15-19-7-4-3-5-8-19)30-25(32)31-12-14-35-23(18-31)24(20-9-6-10-21(27)16-20)36-13-11-29-26(33)34-2/h6,9-10,16,19,22-24,28H,3-5,7-8,11-15,17-18H2,1-2H3,(H,29,33)(H,30,32)/t22-,23+,24?/m0/s1. The van der Waals surface area contributed by atoms with Crippen molar-refractivity contribution >= 4 is 23.7 Å². The molecule has 0 aromatic heterocycles. The number of urea groups is 1. The number of hydrogen-bond acceptors (Lipinski definition) is 6. The number of nitrogens with one attached hydrogen (secondary N) is 3. The van der Waals surface area contributed by atoms with Gasteiger partial charge in [-0.05, 0) is 37.1 Å². The third-order valence-electron chi connectivity index (χ3n) is 6.87. The first-order valence-electron chi connectivity index (χ1n) is 13.0. The molecule has 3 rings (SSSR count). The average Bonchev–Trinajstić information content (AvgIpc) is 2.89. The van der Waals surface area contributed by atoms with Gasteiger partial charge in [0.25, 0.3) is 0 Å². The fraction of sp³-hybridized carbons (Fsp3) is 0.692. The number of carbonyl (C=O) groups is 2. The highest BCUT2D eigenvalue weighted by atomic mass is 35.5. The summed E-state index contributed by atoms with van der Waals surface area (Å²) in [5.74, 6) is 0.675. The molecule has 1 aliphatic carbocycles. The molecule has 3 amide bonds. The van der Waals surface area contributed by atoms with E-state index < -0.39 is 12.2 Å². The van der Waals surface area contributed by atoms with Gasteiger partial charge in [-0.1, -0.05) is 55.8 Å². The molecule has 1 saturated heterocycles. The second-order valence-electron chi connectivity index (χ2n) is 9.56. The molecule has 3 N–H and O–H groups in total. The average molecular weight is 525 g/mol. The summed E-state index contributed by atoms with van der Waals surface area (Å²) in [7, 11) is 3.24. The molecule has 1 saturated carbocycles. The predicted molar refractivity (Wildman–Crippen MR) is 139 cm³/mol. The molecule has 1 unspecified atom stereocenters. The Morgan fingerprint density at radius 1 is 1.25 bits per heavy atom. The maximum Gasteiger partial charge on any atom is 0.406 e. The maximum atomic E-state index is 13.3. The lowest BCUT2D eigenvalue weighted by Crippen LogP contribution is -2.54. The van der Waals surface area contributed by atoms with Crippen molar-refractivity contribution < 1.29 is 23.8 Å². The van der Waals surface area contributed by atoms with Crippen LogP contribution in [-0.2, 0) is 14.2 Å². The van der Waals surface area contributed by atoms with E-state index in [1.165, 1.54) is 39.2 Å². The van der Waals surface area contributed by atoms with E-state index in [2.05, 4.69) is 20.7 Å². The van der Waals surface area contributed by atoms with Gasteiger partial charge in [-0.3, -0.25) is 0 Å². The minimum Gasteiger partial charge on any atom is -0.453 e. The van der Waals surface area contributed by atoms with Crippen molar-refractivity contribution in [3.05, 3.63) is 34.9 Å². The van der Waals surface area contributed by atoms with Crippen LogP contribution in [0, 0.1) is 5.92 Å². The number of nitrogens with zero attached hydrogens (tertiary/aromatic N) is 1. The van der Waals surface area contributed by atoms with Gasteiger partial charge in [-0.25, -0.2) is 9.59 Å². The van der Waals surface area contributed by atoms with E-state index in [4.69, 9.17) is 21.1 Å². The Hall–Kier alpha value is -2.07. The SMILES string of the molecule is CNC[C@H](CC1CCCCC1)NC(=O)N1CCO[C@@H](C(OCCNC(=O)OC)c2cccc(Cl)c2)C1. The Bertz CT molecular complexity index is 823. The van der Waals surface area contributed by atoms with Crippen LogP contribution in [0.25, 0.3) is 0 Å². The molecule has 0 bridgehead atoms. The van der Waals surface area contributed by atoms with E-state index >= 15 is 0 Å². The Morgan fingerprint density at radius 3 is 2.78 bits per heavy atom. The van der Waals surface area contributed by atoms with Gasteiger partial charge < -0.3 is 35.1 Å². The number of morpholine rings is 1. The highest BCUT2D eigenvalue weighted by molar-refractivity contribution is 6.30. The van der Waals surface area contributed by atoms with Crippen LogP contribution in [0.5, 0.6) is 0 Å². The zero-order valence-corrected chi connectivity index (χ0v) is 22.2. The van der Waals surface area contributed by atoms with Gasteiger partial charge in [0.2, 0.25) is 0 Å². The Balaban J connectivity index is 1.62. The Morgan fingerprint density at radius 2 is 2.06 bits per heavy atom. The van der Waals surface area contributed by atoms with Crippen LogP contribution in [-0.4, -0.2) is 82.7 Å². The third kappa shape index (κ3) is 9.10. The highest BCUT2D eigenvalue weighted by Gasteiger charge is 2.33. The number of likely N-dealkylation sites (N-methyl/N-ethyl adjacent to an activating group) is 1. The van der Waals surface area contributed by atoms with Gasteiger partial charge in [-0.2, -0.15) is 0 Å². The summed E-state index contributed by atoms with van der Waals surface area (Å²) in [4.78, 5) is 26.4. The second-order valence-corrected chi connectivity index (χ2v) is 10.0. The molecule has 9 nitrogen and oxygen atoms in total. The van der Waals surface area contributed by atoms with Crippen LogP contribution in [0.2, 0.25) is 5.02 Å². The number of benzene rings is 1. The Kier molecular flexibility index (Phi) is 12.1. The predicted octanol–water partition coefficient (Wildman–Crippen LogP) is 3.72. The van der Waals surface area contributed by atoms with E-state index in [-0.39, 0.29) is 31.3 Å². The topological polar surface area (TPSA) is 101 Å². The van der Waals surface area contributed by atoms with Crippen molar-refractivity contribution in [2.45, 2.75) is 56.8 Å². The quantitative estimate of drug-likeness (QED) is 0.381. The number of ether oxygens (including phenoxy) is 3. The first kappa shape index (κ1) is 28.5. The van der Waals surface area contributed by atoms with Crippen LogP contribution in [0.3, 0.4) is 0 Å². The van der Waals surface area contributed by atoms with Crippen molar-refractivity contribution in [1.29, 1.82) is 0 Å². The molecule has 3 atom stereocenters. The van der Waals surface area contributed by atoms with Crippen molar-refractivity contribution in [3.8, 4) is 0 Å². The molecule has 2 fully saturated rings. The number of methoxy groups -OCH3 is 1. The summed E-state index contributed by atoms with van der Waals surface area (Å²) in [6.45, 7) is 2.61. The number of carbonyl (C=O) groups excluding carboxylic acids is 2. The number of rotatable bonds is 11. The zero-order valence-electron chi connectivity index (χ0n) is 21.5. The monoisotopic (exact) mass is 524 g/mol. The first-order valence-corrected chi connectivity index (χ1v) is 13.4. The largest absolute Gasteiger partial charge is 0.453 e. The molecular weight excluding hydrogens is 484 g/mol. The number of hydrogen-bond donors (Lipinski definition) is 3. The molecule has 0 spiro atoms. The summed E-state index contributed by atoms with van der Waals surface area (Å²) < 4.78 is 16.8. The number of halogens is 1. The van der Waals surface area contributed by atoms with Crippen LogP contribution in [0.15, 0.2) is 24.3 Å². The van der Waals surface area contributed by atoms with Crippen LogP contribution in [0.4, 0.5) is 9.59 Å². The van der Waals surface area contributed by atoms with Crippen LogP contribution >= 0.6 is 11.6 Å². The van der Waals surface area contributed by atoms with Crippen molar-refractivity contribution in [3.63, 3.8) is 0 Å². The smallest absolute Gasteiger partial charge is 0.406 e. The molecule has 36 heavy (non-hydrogen) atoms. The molecule has 1 aromatic carbocycles. The zero-order chi connectivity index (χ0) is 25.8. The van der Waals surface area contributed by atoms with Crippen LogP contribution in [0.1, 0.15) is 50.2 Å². The minimum atomic E-state index is -0.515. The van der Waals surface area contributed by atoms with Gasteiger partial charge in [-0.15, -0.1) is 0 Å². The summed E-state index contributed by atoms with van der Waals surface area (Å²) in [6.07, 6.45) is 6.06. The van der Waals surface area contributed by atoms with Crippen molar-refractivity contribution in [1.82, 2.24) is 20.9 Å². The lowest BCUT2D eigenvalue weighted by Gasteiger charge is -2.38. The minimum absolute atomic E-state index is 0.0726. The molecule has 1 heterocycles. The molecular formula is C26H41ClN4O5. The van der Waals surface area contributed by atoms with Gasteiger partial charge in [0.15, 0.2) is 0 Å². The molecule has 2 aliphatic rings. The fourth-order valence-corrected chi connectivity index (χ4v) is 5.29. The summed E-state index contributed by atoms with van der Waals surface area (Å²) in [6, 6.07) is 7.46. The summed E-state index contributed by atoms with van der Waals surface area (Å²) >= 11 is 6.25. The van der Waals surface area contributed by atoms with Gasteiger partial charge in [0.05, 0.1) is 26.9 Å². The third-order valence-corrected chi connectivity index (χ3v) is 7.11. The number of amides is 3. The molecule has 10 heteroatoms. The normalized spacial score (nSPS) is 20.4. The fourth-order valence-electron chi connectivity index (χ4n) is 5.09. The summed E-state index contributed by atoms with van der Waals surface area (Å²) in [5, 5.41) is 9.70. The van der Waals surface area contributed by atoms with Crippen LogP contribution < -0.4 is 16.0 Å². The molecule has 1 aromatic rings. The van der Waals surface area contributed by atoms with E-state index in [1.54, 1.807) is 6.07 Å². The maximum absolute atomic E-state index is 13.3.